The molecule has 1 aromatic carbocycles. The zero-order chi connectivity index (χ0) is 18.4. The summed E-state index contributed by atoms with van der Waals surface area (Å²) in [6.45, 7) is 1.68. The molecule has 1 heterocycles. The van der Waals surface area contributed by atoms with Gasteiger partial charge in [0, 0.05) is 11.9 Å². The number of anilines is 2. The summed E-state index contributed by atoms with van der Waals surface area (Å²) in [6.07, 6.45) is 3.59. The molecule has 1 aromatic heterocycles. The molecule has 0 amide bonds. The number of nitrogens with two attached hydrogens (primary N) is 1. The maximum Gasteiger partial charge on any atom is 0.306 e. The van der Waals surface area contributed by atoms with E-state index in [2.05, 4.69) is 9.71 Å². The van der Waals surface area contributed by atoms with Crippen LogP contribution in [0, 0.1) is 5.92 Å². The van der Waals surface area contributed by atoms with Crippen LogP contribution in [0.5, 0.6) is 0 Å². The zero-order valence-electron chi connectivity index (χ0n) is 13.8. The number of carboxylic acid groups (broad SMARTS) is 1. The van der Waals surface area contributed by atoms with Crippen LogP contribution < -0.4 is 10.5 Å². The summed E-state index contributed by atoms with van der Waals surface area (Å²) in [4.78, 5) is 15.0. The van der Waals surface area contributed by atoms with Gasteiger partial charge in [-0.15, -0.1) is 0 Å². The van der Waals surface area contributed by atoms with Crippen LogP contribution in [0.1, 0.15) is 25.3 Å². The molecule has 25 heavy (non-hydrogen) atoms. The number of sulfonamides is 1. The molecule has 0 fully saturated rings. The van der Waals surface area contributed by atoms with E-state index in [1.807, 2.05) is 0 Å². The number of carboxylic acids is 1. The molecule has 0 aliphatic rings. The summed E-state index contributed by atoms with van der Waals surface area (Å²) in [6, 6.07) is 9.25. The highest BCUT2D eigenvalue weighted by Crippen LogP contribution is 2.17. The molecule has 8 heteroatoms. The minimum absolute atomic E-state index is 0.107. The molecule has 7 nitrogen and oxygen atoms in total. The minimum Gasteiger partial charge on any atom is -0.481 e. The van der Waals surface area contributed by atoms with Crippen LogP contribution in [-0.2, 0) is 21.2 Å². The number of aryl methyl sites for hydroxylation is 1. The van der Waals surface area contributed by atoms with Crippen LogP contribution in [0.4, 0.5) is 11.5 Å². The van der Waals surface area contributed by atoms with Gasteiger partial charge in [0.1, 0.15) is 5.82 Å². The predicted molar refractivity (Wildman–Crippen MR) is 95.6 cm³/mol. The lowest BCUT2D eigenvalue weighted by atomic mass is 10.0. The Kier molecular flexibility index (Phi) is 5.97. The number of nitrogens with zero attached hydrogens (tertiary/aromatic N) is 1. The van der Waals surface area contributed by atoms with E-state index in [1.54, 1.807) is 25.3 Å². The van der Waals surface area contributed by atoms with E-state index in [-0.39, 0.29) is 16.6 Å². The van der Waals surface area contributed by atoms with Gasteiger partial charge in [-0.3, -0.25) is 9.52 Å². The Morgan fingerprint density at radius 1 is 1.24 bits per heavy atom. The van der Waals surface area contributed by atoms with Crippen molar-refractivity contribution < 1.29 is 18.3 Å². The van der Waals surface area contributed by atoms with Crippen molar-refractivity contribution in [2.24, 2.45) is 5.92 Å². The van der Waals surface area contributed by atoms with Crippen LogP contribution in [0.3, 0.4) is 0 Å². The van der Waals surface area contributed by atoms with Crippen molar-refractivity contribution in [1.29, 1.82) is 0 Å². The molecule has 4 N–H and O–H groups in total. The Morgan fingerprint density at radius 3 is 2.48 bits per heavy atom. The topological polar surface area (TPSA) is 122 Å². The molecule has 134 valence electrons. The van der Waals surface area contributed by atoms with Gasteiger partial charge in [0.05, 0.1) is 10.8 Å². The van der Waals surface area contributed by atoms with Crippen molar-refractivity contribution in [2.75, 3.05) is 10.5 Å². The summed E-state index contributed by atoms with van der Waals surface area (Å²) in [7, 11) is -3.71. The van der Waals surface area contributed by atoms with Gasteiger partial charge in [-0.2, -0.15) is 0 Å². The van der Waals surface area contributed by atoms with Crippen LogP contribution in [0.2, 0.25) is 0 Å². The molecule has 2 rings (SSSR count). The second kappa shape index (κ2) is 7.98. The van der Waals surface area contributed by atoms with Gasteiger partial charge >= 0.3 is 5.97 Å². The van der Waals surface area contributed by atoms with Gasteiger partial charge in [-0.25, -0.2) is 13.4 Å². The lowest BCUT2D eigenvalue weighted by molar-refractivity contribution is -0.141. The van der Waals surface area contributed by atoms with Crippen molar-refractivity contribution in [2.45, 2.75) is 31.1 Å². The van der Waals surface area contributed by atoms with Crippen LogP contribution in [0.25, 0.3) is 0 Å². The fourth-order valence-electron chi connectivity index (χ4n) is 2.21. The third-order valence-electron chi connectivity index (χ3n) is 3.78. The Hall–Kier alpha value is -2.61. The first-order chi connectivity index (χ1) is 11.8. The van der Waals surface area contributed by atoms with E-state index in [9.17, 15) is 13.2 Å². The number of hydrogen-bond acceptors (Lipinski definition) is 5. The summed E-state index contributed by atoms with van der Waals surface area (Å²) >= 11 is 0. The van der Waals surface area contributed by atoms with Crippen molar-refractivity contribution in [1.82, 2.24) is 4.98 Å². The van der Waals surface area contributed by atoms with Gasteiger partial charge in [0.15, 0.2) is 0 Å². The van der Waals surface area contributed by atoms with E-state index in [0.29, 0.717) is 18.5 Å². The van der Waals surface area contributed by atoms with Crippen molar-refractivity contribution in [3.05, 3.63) is 48.2 Å². The molecule has 0 aliphatic heterocycles. The van der Waals surface area contributed by atoms with Gasteiger partial charge in [-0.05, 0) is 55.2 Å². The van der Waals surface area contributed by atoms with Gasteiger partial charge in [0.2, 0.25) is 0 Å². The first-order valence-corrected chi connectivity index (χ1v) is 9.32. The van der Waals surface area contributed by atoms with Gasteiger partial charge in [0.25, 0.3) is 10.0 Å². The summed E-state index contributed by atoms with van der Waals surface area (Å²) < 4.78 is 26.9. The number of hydrogen-bond donors (Lipinski definition) is 3. The summed E-state index contributed by atoms with van der Waals surface area (Å²) in [5.74, 6) is -0.955. The zero-order valence-corrected chi connectivity index (χ0v) is 14.7. The Bertz CT molecular complexity index is 818. The number of aliphatic carboxylic acids is 1. The van der Waals surface area contributed by atoms with Crippen molar-refractivity contribution in [3.8, 4) is 0 Å². The quantitative estimate of drug-likeness (QED) is 0.619. The maximum absolute atomic E-state index is 12.3. The van der Waals surface area contributed by atoms with Crippen molar-refractivity contribution >= 4 is 27.5 Å². The summed E-state index contributed by atoms with van der Waals surface area (Å²) in [5.41, 5.74) is 6.96. The third kappa shape index (κ3) is 5.46. The number of pyridine rings is 1. The lowest BCUT2D eigenvalue weighted by Crippen LogP contribution is -2.14. The Balaban J connectivity index is 1.95. The fourth-order valence-corrected chi connectivity index (χ4v) is 3.22. The highest BCUT2D eigenvalue weighted by Gasteiger charge is 2.14. The monoisotopic (exact) mass is 363 g/mol. The highest BCUT2D eigenvalue weighted by atomic mass is 32.2. The average Bonchev–Trinajstić information content (AvgIpc) is 2.56. The molecule has 1 unspecified atom stereocenters. The molecule has 0 saturated carbocycles. The average molecular weight is 363 g/mol. The second-order valence-electron chi connectivity index (χ2n) is 5.86. The molecular weight excluding hydrogens is 342 g/mol. The van der Waals surface area contributed by atoms with Gasteiger partial charge < -0.3 is 10.8 Å². The summed E-state index contributed by atoms with van der Waals surface area (Å²) in [5, 5.41) is 8.85. The van der Waals surface area contributed by atoms with Crippen molar-refractivity contribution in [3.63, 3.8) is 0 Å². The Labute approximate surface area is 147 Å². The molecule has 0 radical (unpaired) electrons. The van der Waals surface area contributed by atoms with E-state index < -0.39 is 16.0 Å². The van der Waals surface area contributed by atoms with Gasteiger partial charge in [-0.1, -0.05) is 13.0 Å². The SMILES string of the molecule is CC(CCCc1ccc(NS(=O)(=O)c2ccc(N)cc2)nc1)C(=O)O. The van der Waals surface area contributed by atoms with E-state index >= 15 is 0 Å². The smallest absolute Gasteiger partial charge is 0.306 e. The maximum atomic E-state index is 12.3. The number of nitrogen functional groups attached to an aromatic ring is 1. The normalized spacial score (nSPS) is 12.5. The van der Waals surface area contributed by atoms with E-state index in [0.717, 1.165) is 12.0 Å². The molecule has 0 spiro atoms. The lowest BCUT2D eigenvalue weighted by Gasteiger charge is -2.09. The molecule has 1 atom stereocenters. The number of benzene rings is 1. The molecule has 2 aromatic rings. The minimum atomic E-state index is -3.71. The number of carbonyl (C=O) groups is 1. The highest BCUT2D eigenvalue weighted by molar-refractivity contribution is 7.92. The Morgan fingerprint density at radius 2 is 1.92 bits per heavy atom. The number of aromatic nitrogens is 1. The molecule has 0 aliphatic carbocycles. The molecule has 0 saturated heterocycles. The van der Waals surface area contributed by atoms with E-state index in [4.69, 9.17) is 10.8 Å². The number of nitrogens with one attached hydrogen (secondary N) is 1. The van der Waals surface area contributed by atoms with Crippen LogP contribution in [0.15, 0.2) is 47.5 Å². The molecular formula is C17H21N3O4S. The molecule has 0 bridgehead atoms. The number of rotatable bonds is 8. The predicted octanol–water partition coefficient (Wildman–Crippen LogP) is 2.51. The third-order valence-corrected chi connectivity index (χ3v) is 5.15. The first kappa shape index (κ1) is 18.7. The second-order valence-corrected chi connectivity index (χ2v) is 7.54. The first-order valence-electron chi connectivity index (χ1n) is 7.84. The van der Waals surface area contributed by atoms with E-state index in [1.165, 1.54) is 24.3 Å². The standard InChI is InChI=1S/C17H21N3O4S/c1-12(17(21)22)3-2-4-13-5-10-16(19-11-13)20-25(23,24)15-8-6-14(18)7-9-15/h5-12H,2-4,18H2,1H3,(H,19,20)(H,21,22). The largest absolute Gasteiger partial charge is 0.481 e. The van der Waals surface area contributed by atoms with Crippen LogP contribution in [-0.4, -0.2) is 24.5 Å². The fraction of sp³-hybridized carbons (Fsp3) is 0.294. The van der Waals surface area contributed by atoms with Crippen LogP contribution >= 0.6 is 0 Å².